The summed E-state index contributed by atoms with van der Waals surface area (Å²) >= 11 is 0. The normalized spacial score (nSPS) is 30.0. The number of benzene rings is 8. The Hall–Kier alpha value is -11.1. The van der Waals surface area contributed by atoms with Crippen molar-refractivity contribution in [3.05, 3.63) is 308 Å². The lowest BCUT2D eigenvalue weighted by molar-refractivity contribution is -0.379. The van der Waals surface area contributed by atoms with Crippen molar-refractivity contribution in [2.45, 2.75) is 220 Å². The van der Waals surface area contributed by atoms with E-state index in [2.05, 4.69) is 25.4 Å². The van der Waals surface area contributed by atoms with Crippen molar-refractivity contribution in [1.29, 1.82) is 0 Å². The lowest BCUT2D eigenvalue weighted by Crippen LogP contribution is -2.69. The van der Waals surface area contributed by atoms with Gasteiger partial charge in [-0.1, -0.05) is 242 Å². The van der Waals surface area contributed by atoms with Crippen LogP contribution in [-0.4, -0.2) is 211 Å². The molecule has 0 aliphatic carbocycles. The molecule has 25 atom stereocenters. The first kappa shape index (κ1) is 90.1. The summed E-state index contributed by atoms with van der Waals surface area (Å²) in [6, 6.07) is 67.2. The molecule has 0 aromatic heterocycles. The van der Waals surface area contributed by atoms with Crippen molar-refractivity contribution in [3.63, 3.8) is 0 Å². The Morgan fingerprint density at radius 3 is 1.14 bits per heavy atom. The predicted octanol–water partition coefficient (Wildman–Crippen LogP) is 12.4. The van der Waals surface area contributed by atoms with Crippen LogP contribution >= 0.6 is 0 Å². The van der Waals surface area contributed by atoms with E-state index in [0.29, 0.717) is 28.7 Å². The standard InChI is InChI=1S/C92H99N7O26/c1-6-63-69(108-48-55-32-16-8-17-33-55)72(109-49-56-34-18-9-19-35-56)68(97-99-94)89(115-63)122-77-75(111-51-58-38-22-11-23-39-58)81(113-53-60-42-26-13-27-43-60)90(123-79(77)85(102)105-3)119-70-64(7-2)116-88(66-74(70)125-92(104)95-66)121-78-76(112-52-59-40-24-12-25-41-59)82(118-84(101)62-46-30-15-31-47-62)91(124-80(78)86(103)106-4)120-71-65(54-114-83(100)61-44-28-14-29-45-61)117-87(107-5)67(96-98-93)73(71)110-50-57-36-20-10-21-37-57/h8-47,63-82,87-91H,6-7,48-54H2,1-5H3,(H,95,104)/t63?,64?,65?,66-,67-,68?,69-,70+,71+,72-,73?,74?,75+,76+,77-,78-,79?,80?,81?,82?,87-,88+,89+,90+,91+/m0/s1. The Balaban J connectivity index is 0.824. The second kappa shape index (κ2) is 44.7. The SMILES string of the molecule is CCC1O[C@H](O[C@@H]2C(C(=O)OC)O[C@@H](O[C@@H]3C(COC(=O)c4ccccc4)O[C@H](OC)[C@@H](N=[N+]=[N-])C3OCc3ccccc3)C(OC(=O)c3ccccc3)[C@@H]2OCc2ccccc2)[C@H]2NC(=O)OC2[C@@H]1O[C@@H]1OC(C(=O)OC)[C@@H](O[C@H]2OC(CC)[C@H](OCc3ccccc3)[C@@H](OCc3ccccc3)C2N=[N+]=[N-])[C@@H](OCc2ccccc2)C1OCc1ccccc1. The van der Waals surface area contributed by atoms with Gasteiger partial charge in [-0.2, -0.15) is 0 Å². The first-order valence-corrected chi connectivity index (χ1v) is 41.3. The molecule has 8 aromatic rings. The van der Waals surface area contributed by atoms with Crippen LogP contribution in [0.2, 0.25) is 0 Å². The Bertz CT molecular complexity index is 4840. The third kappa shape index (κ3) is 22.6. The average molecular weight is 1720 g/mol. The molecular formula is C92H99N7O26. The van der Waals surface area contributed by atoms with Crippen LogP contribution in [-0.2, 0) is 149 Å². The van der Waals surface area contributed by atoms with Crippen molar-refractivity contribution in [1.82, 2.24) is 5.32 Å². The highest BCUT2D eigenvalue weighted by atomic mass is 16.8. The molecule has 125 heavy (non-hydrogen) atoms. The molecule has 6 heterocycles. The summed E-state index contributed by atoms with van der Waals surface area (Å²) in [6.45, 7) is 2.63. The number of nitrogens with zero attached hydrogens (tertiary/aromatic N) is 6. The molecule has 33 heteroatoms. The number of ether oxygens (including phenoxy) is 21. The van der Waals surface area contributed by atoms with E-state index in [0.717, 1.165) is 25.3 Å². The molecule has 0 spiro atoms. The summed E-state index contributed by atoms with van der Waals surface area (Å²) in [6.07, 6.45) is -33.4. The molecule has 1 amide bonds. The van der Waals surface area contributed by atoms with E-state index in [1.165, 1.54) is 19.2 Å². The minimum atomic E-state index is -1.96. The summed E-state index contributed by atoms with van der Waals surface area (Å²) < 4.78 is 140. The second-order valence-corrected chi connectivity index (χ2v) is 30.2. The van der Waals surface area contributed by atoms with Gasteiger partial charge in [0.05, 0.1) is 77.2 Å². The Kier molecular flexibility index (Phi) is 32.2. The minimum absolute atomic E-state index is 0.0493. The molecule has 14 rings (SSSR count). The number of methoxy groups -OCH3 is 3. The zero-order valence-electron chi connectivity index (χ0n) is 69.2. The molecule has 6 fully saturated rings. The maximum Gasteiger partial charge on any atom is 0.408 e. The highest BCUT2D eigenvalue weighted by Gasteiger charge is 2.63. The number of hydrogen-bond acceptors (Lipinski definition) is 28. The van der Waals surface area contributed by atoms with Crippen molar-refractivity contribution in [2.24, 2.45) is 10.2 Å². The van der Waals surface area contributed by atoms with E-state index in [4.69, 9.17) is 99.5 Å². The number of amides is 1. The summed E-state index contributed by atoms with van der Waals surface area (Å²) in [5.41, 5.74) is 25.4. The molecule has 658 valence electrons. The molecule has 1 N–H and O–H groups in total. The van der Waals surface area contributed by atoms with Gasteiger partial charge in [0, 0.05) is 16.9 Å². The molecule has 0 radical (unpaired) electrons. The Morgan fingerprint density at radius 2 is 0.712 bits per heavy atom. The van der Waals surface area contributed by atoms with Crippen molar-refractivity contribution >= 4 is 30.0 Å². The van der Waals surface area contributed by atoms with Crippen LogP contribution in [0, 0.1) is 0 Å². The van der Waals surface area contributed by atoms with E-state index in [1.54, 1.807) is 110 Å². The lowest BCUT2D eigenvalue weighted by Gasteiger charge is -2.51. The summed E-state index contributed by atoms with van der Waals surface area (Å²) in [4.78, 5) is 80.0. The molecule has 6 aliphatic rings. The zero-order valence-corrected chi connectivity index (χ0v) is 69.2. The van der Waals surface area contributed by atoms with Crippen molar-refractivity contribution < 1.29 is 123 Å². The number of carbonyl (C=O) groups excluding carboxylic acids is 5. The molecule has 33 nitrogen and oxygen atoms in total. The summed E-state index contributed by atoms with van der Waals surface area (Å²) in [5.74, 6) is -3.76. The number of rotatable bonds is 38. The Morgan fingerprint density at radius 1 is 0.368 bits per heavy atom. The van der Waals surface area contributed by atoms with Gasteiger partial charge in [-0.25, -0.2) is 24.0 Å². The van der Waals surface area contributed by atoms with Crippen molar-refractivity contribution in [3.8, 4) is 0 Å². The van der Waals surface area contributed by atoms with E-state index in [9.17, 15) is 20.7 Å². The van der Waals surface area contributed by atoms with Crippen LogP contribution in [0.3, 0.4) is 0 Å². The topological polar surface area (TPSA) is 389 Å². The summed E-state index contributed by atoms with van der Waals surface area (Å²) in [5, 5.41) is 11.3. The highest BCUT2D eigenvalue weighted by molar-refractivity contribution is 5.90. The third-order valence-corrected chi connectivity index (χ3v) is 22.2. The second-order valence-electron chi connectivity index (χ2n) is 30.2. The van der Waals surface area contributed by atoms with Gasteiger partial charge in [0.15, 0.2) is 55.9 Å². The van der Waals surface area contributed by atoms with Gasteiger partial charge in [-0.05, 0) is 81.6 Å². The van der Waals surface area contributed by atoms with Gasteiger partial charge in [-0.15, -0.1) is 0 Å². The monoisotopic (exact) mass is 1720 g/mol. The number of alkyl carbamates (subject to hydrolysis) is 1. The smallest absolute Gasteiger partial charge is 0.408 e. The van der Waals surface area contributed by atoms with Crippen LogP contribution in [0.5, 0.6) is 0 Å². The number of azide groups is 2. The third-order valence-electron chi connectivity index (χ3n) is 22.2. The van der Waals surface area contributed by atoms with Gasteiger partial charge in [0.2, 0.25) is 0 Å². The zero-order chi connectivity index (χ0) is 87.0. The van der Waals surface area contributed by atoms with Gasteiger partial charge in [0.25, 0.3) is 0 Å². The van der Waals surface area contributed by atoms with E-state index < -0.39 is 190 Å². The quantitative estimate of drug-likeness (QED) is 0.0123. The number of carbonyl (C=O) groups is 5. The highest BCUT2D eigenvalue weighted by Crippen LogP contribution is 2.43. The molecule has 6 aliphatic heterocycles. The van der Waals surface area contributed by atoms with E-state index >= 15 is 14.4 Å². The first-order valence-electron chi connectivity index (χ1n) is 41.3. The van der Waals surface area contributed by atoms with Crippen LogP contribution in [0.1, 0.15) is 80.8 Å². The fraction of sp³-hybridized carbons (Fsp3) is 0.424. The van der Waals surface area contributed by atoms with Gasteiger partial charge in [0.1, 0.15) is 91.9 Å². The minimum Gasteiger partial charge on any atom is -0.467 e. The molecular weight excluding hydrogens is 1620 g/mol. The fourth-order valence-corrected chi connectivity index (χ4v) is 16.0. The maximum atomic E-state index is 15.1. The maximum absolute atomic E-state index is 15.1. The largest absolute Gasteiger partial charge is 0.467 e. The van der Waals surface area contributed by atoms with Crippen LogP contribution in [0.4, 0.5) is 4.79 Å². The predicted molar refractivity (Wildman–Crippen MR) is 440 cm³/mol. The molecule has 8 aromatic carbocycles. The number of fused-ring (bicyclic) bond motifs is 1. The van der Waals surface area contributed by atoms with Crippen LogP contribution in [0.15, 0.2) is 253 Å². The van der Waals surface area contributed by atoms with E-state index in [-0.39, 0.29) is 57.2 Å². The first-order chi connectivity index (χ1) is 61.2. The Labute approximate surface area is 721 Å². The number of hydrogen-bond donors (Lipinski definition) is 1. The summed E-state index contributed by atoms with van der Waals surface area (Å²) in [7, 11) is 3.58. The molecule has 0 saturated carbocycles. The number of esters is 4. The molecule has 0 bridgehead atoms. The fourth-order valence-electron chi connectivity index (χ4n) is 16.0. The van der Waals surface area contributed by atoms with Crippen molar-refractivity contribution in [2.75, 3.05) is 27.9 Å². The van der Waals surface area contributed by atoms with Gasteiger partial charge in [-0.3, -0.25) is 0 Å². The molecule has 6 saturated heterocycles. The number of nitrogens with one attached hydrogen (secondary N) is 1. The van der Waals surface area contributed by atoms with Crippen LogP contribution < -0.4 is 5.32 Å². The molecule has 10 unspecified atom stereocenters. The van der Waals surface area contributed by atoms with Gasteiger partial charge >= 0.3 is 30.0 Å². The lowest BCUT2D eigenvalue weighted by atomic mass is 9.93. The van der Waals surface area contributed by atoms with Crippen LogP contribution in [0.25, 0.3) is 20.9 Å². The van der Waals surface area contributed by atoms with E-state index in [1.807, 2.05) is 134 Å². The van der Waals surface area contributed by atoms with Gasteiger partial charge < -0.3 is 105 Å². The average Bonchev–Trinajstić information content (AvgIpc) is 1.72.